The van der Waals surface area contributed by atoms with Gasteiger partial charge in [-0.05, 0) is 42.5 Å². The van der Waals surface area contributed by atoms with E-state index in [1.807, 2.05) is 0 Å². The number of ether oxygens (including phenoxy) is 2. The molecule has 3 rings (SSSR count). The highest BCUT2D eigenvalue weighted by atomic mass is 35.5. The third-order valence-electron chi connectivity index (χ3n) is 4.15. The largest absolute Gasteiger partial charge is 0.482 e. The van der Waals surface area contributed by atoms with Gasteiger partial charge in [-0.1, -0.05) is 23.2 Å². The third kappa shape index (κ3) is 6.21. The molecule has 1 amide bonds. The Hall–Kier alpha value is -4.16. The Morgan fingerprint density at radius 3 is 2.44 bits per heavy atom. The van der Waals surface area contributed by atoms with E-state index >= 15 is 0 Å². The predicted molar refractivity (Wildman–Crippen MR) is 123 cm³/mol. The van der Waals surface area contributed by atoms with Crippen LogP contribution in [0.5, 0.6) is 5.75 Å². The van der Waals surface area contributed by atoms with E-state index in [2.05, 4.69) is 30.9 Å². The van der Waals surface area contributed by atoms with Gasteiger partial charge in [-0.15, -0.1) is 0 Å². The standard InChI is InChI=1S/C20H16Cl2N6O6/c1-33-20(30)11-2-5-13(6-3-11)25-18-17(28(31)32)19(24-10-23-18)27-26-16(29)9-34-15-7-4-12(21)8-14(15)22/h2-8,10H,9H2,1H3,(H,26,29)(H2,23,24,25,27). The molecule has 0 fully saturated rings. The monoisotopic (exact) mass is 506 g/mol. The van der Waals surface area contributed by atoms with Crippen LogP contribution >= 0.6 is 23.2 Å². The second-order valence-corrected chi connectivity index (χ2v) is 7.25. The molecule has 0 unspecified atom stereocenters. The summed E-state index contributed by atoms with van der Waals surface area (Å²) in [6, 6.07) is 10.5. The smallest absolute Gasteiger partial charge is 0.355 e. The van der Waals surface area contributed by atoms with Crippen LogP contribution in [-0.2, 0) is 9.53 Å². The Labute approximate surface area is 202 Å². The number of anilines is 3. The molecule has 0 aliphatic heterocycles. The van der Waals surface area contributed by atoms with E-state index in [1.165, 1.54) is 43.5 Å². The molecule has 0 radical (unpaired) electrons. The molecule has 2 aromatic carbocycles. The first kappa shape index (κ1) is 24.5. The minimum absolute atomic E-state index is 0.147. The van der Waals surface area contributed by atoms with Gasteiger partial charge >= 0.3 is 11.7 Å². The van der Waals surface area contributed by atoms with Crippen molar-refractivity contribution in [1.82, 2.24) is 15.4 Å². The van der Waals surface area contributed by atoms with Crippen molar-refractivity contribution in [2.45, 2.75) is 0 Å². The van der Waals surface area contributed by atoms with Crippen molar-refractivity contribution >= 4 is 58.1 Å². The van der Waals surface area contributed by atoms with Crippen LogP contribution < -0.4 is 20.9 Å². The van der Waals surface area contributed by atoms with Gasteiger partial charge in [0, 0.05) is 10.7 Å². The van der Waals surface area contributed by atoms with Gasteiger partial charge in [-0.25, -0.2) is 14.8 Å². The molecule has 0 aliphatic rings. The molecule has 176 valence electrons. The summed E-state index contributed by atoms with van der Waals surface area (Å²) in [6.07, 6.45) is 1.07. The van der Waals surface area contributed by atoms with Crippen molar-refractivity contribution in [3.63, 3.8) is 0 Å². The lowest BCUT2D eigenvalue weighted by molar-refractivity contribution is -0.383. The number of aromatic nitrogens is 2. The van der Waals surface area contributed by atoms with Crippen molar-refractivity contribution in [3.8, 4) is 5.75 Å². The van der Waals surface area contributed by atoms with Gasteiger partial charge in [0.25, 0.3) is 5.91 Å². The summed E-state index contributed by atoms with van der Waals surface area (Å²) in [4.78, 5) is 42.3. The molecule has 0 bridgehead atoms. The van der Waals surface area contributed by atoms with Crippen LogP contribution in [0.2, 0.25) is 10.0 Å². The molecule has 0 spiro atoms. The summed E-state index contributed by atoms with van der Waals surface area (Å²) in [5.74, 6) is -1.37. The highest BCUT2D eigenvalue weighted by molar-refractivity contribution is 6.35. The van der Waals surface area contributed by atoms with Crippen molar-refractivity contribution in [2.24, 2.45) is 0 Å². The molecule has 0 atom stereocenters. The third-order valence-corrected chi connectivity index (χ3v) is 4.68. The van der Waals surface area contributed by atoms with E-state index in [1.54, 1.807) is 6.07 Å². The number of nitrogens with zero attached hydrogens (tertiary/aromatic N) is 3. The van der Waals surface area contributed by atoms with E-state index in [4.69, 9.17) is 27.9 Å². The average molecular weight is 507 g/mol. The Kier molecular flexibility index (Phi) is 8.01. The zero-order valence-corrected chi connectivity index (χ0v) is 18.9. The Bertz CT molecular complexity index is 1220. The van der Waals surface area contributed by atoms with E-state index in [-0.39, 0.29) is 22.4 Å². The fourth-order valence-corrected chi connectivity index (χ4v) is 3.04. The number of hydrogen-bond donors (Lipinski definition) is 3. The molecular formula is C20H16Cl2N6O6. The van der Waals surface area contributed by atoms with Gasteiger partial charge in [0.2, 0.25) is 11.6 Å². The molecule has 1 aromatic heterocycles. The van der Waals surface area contributed by atoms with Gasteiger partial charge in [0.15, 0.2) is 6.61 Å². The first-order valence-corrected chi connectivity index (χ1v) is 10.1. The lowest BCUT2D eigenvalue weighted by atomic mass is 10.2. The van der Waals surface area contributed by atoms with Crippen LogP contribution in [0.4, 0.5) is 23.0 Å². The normalized spacial score (nSPS) is 10.2. The van der Waals surface area contributed by atoms with Crippen LogP contribution in [0.3, 0.4) is 0 Å². The van der Waals surface area contributed by atoms with Gasteiger partial charge in [-0.3, -0.25) is 25.8 Å². The van der Waals surface area contributed by atoms with Crippen molar-refractivity contribution in [3.05, 3.63) is 74.5 Å². The lowest BCUT2D eigenvalue weighted by Crippen LogP contribution is -2.34. The van der Waals surface area contributed by atoms with Crippen molar-refractivity contribution < 1.29 is 24.0 Å². The first-order valence-electron chi connectivity index (χ1n) is 9.36. The fourth-order valence-electron chi connectivity index (χ4n) is 2.58. The summed E-state index contributed by atoms with van der Waals surface area (Å²) >= 11 is 11.8. The van der Waals surface area contributed by atoms with Gasteiger partial charge in [0.1, 0.15) is 12.1 Å². The van der Waals surface area contributed by atoms with Crippen molar-refractivity contribution in [1.29, 1.82) is 0 Å². The SMILES string of the molecule is COC(=O)c1ccc(Nc2ncnc(NNC(=O)COc3ccc(Cl)cc3Cl)c2[N+](=O)[O-])cc1. The average Bonchev–Trinajstić information content (AvgIpc) is 2.82. The van der Waals surface area contributed by atoms with Gasteiger partial charge < -0.3 is 14.8 Å². The zero-order chi connectivity index (χ0) is 24.7. The number of esters is 1. The fraction of sp³-hybridized carbons (Fsp3) is 0.100. The number of benzene rings is 2. The molecule has 3 N–H and O–H groups in total. The second kappa shape index (κ2) is 11.1. The van der Waals surface area contributed by atoms with Crippen LogP contribution in [0.25, 0.3) is 0 Å². The van der Waals surface area contributed by atoms with Crippen LogP contribution in [-0.4, -0.2) is 40.5 Å². The van der Waals surface area contributed by atoms with Crippen molar-refractivity contribution in [2.75, 3.05) is 24.5 Å². The van der Waals surface area contributed by atoms with Gasteiger partial charge in [-0.2, -0.15) is 0 Å². The number of rotatable bonds is 9. The van der Waals surface area contributed by atoms with Crippen LogP contribution in [0.15, 0.2) is 48.8 Å². The minimum atomic E-state index is -0.719. The molecule has 0 saturated carbocycles. The topological polar surface area (TPSA) is 158 Å². The van der Waals surface area contributed by atoms with Crippen LogP contribution in [0.1, 0.15) is 10.4 Å². The number of nitro groups is 1. The van der Waals surface area contributed by atoms with Crippen LogP contribution in [0, 0.1) is 10.1 Å². The number of hydrazine groups is 1. The molecular weight excluding hydrogens is 491 g/mol. The summed E-state index contributed by atoms with van der Waals surface area (Å²) in [6.45, 7) is -0.440. The number of amides is 1. The molecule has 0 saturated heterocycles. The summed E-state index contributed by atoms with van der Waals surface area (Å²) in [5, 5.41) is 15.1. The predicted octanol–water partition coefficient (Wildman–Crippen LogP) is 3.74. The maximum atomic E-state index is 12.1. The Morgan fingerprint density at radius 2 is 1.79 bits per heavy atom. The maximum absolute atomic E-state index is 12.1. The number of carbonyl (C=O) groups excluding carboxylic acids is 2. The quantitative estimate of drug-likeness (QED) is 0.221. The Balaban J connectivity index is 1.67. The Morgan fingerprint density at radius 1 is 1.09 bits per heavy atom. The summed E-state index contributed by atoms with van der Waals surface area (Å²) in [5.41, 5.74) is 4.83. The number of hydrogen-bond acceptors (Lipinski definition) is 10. The highest BCUT2D eigenvalue weighted by Crippen LogP contribution is 2.31. The number of carbonyl (C=O) groups is 2. The minimum Gasteiger partial charge on any atom is -0.482 e. The van der Waals surface area contributed by atoms with E-state index in [0.717, 1.165) is 6.33 Å². The first-order chi connectivity index (χ1) is 16.3. The molecule has 3 aromatic rings. The number of methoxy groups -OCH3 is 1. The van der Waals surface area contributed by atoms with Gasteiger partial charge in [0.05, 0.1) is 22.6 Å². The number of halogens is 2. The summed E-state index contributed by atoms with van der Waals surface area (Å²) < 4.78 is 9.93. The number of nitrogens with one attached hydrogen (secondary N) is 3. The summed E-state index contributed by atoms with van der Waals surface area (Å²) in [7, 11) is 1.25. The lowest BCUT2D eigenvalue weighted by Gasteiger charge is -2.12. The molecule has 1 heterocycles. The maximum Gasteiger partial charge on any atom is 0.355 e. The molecule has 14 heteroatoms. The van der Waals surface area contributed by atoms with E-state index in [0.29, 0.717) is 16.3 Å². The van der Waals surface area contributed by atoms with E-state index < -0.39 is 29.1 Å². The zero-order valence-electron chi connectivity index (χ0n) is 17.4. The molecule has 0 aliphatic carbocycles. The molecule has 34 heavy (non-hydrogen) atoms. The highest BCUT2D eigenvalue weighted by Gasteiger charge is 2.24. The second-order valence-electron chi connectivity index (χ2n) is 6.41. The molecule has 12 nitrogen and oxygen atoms in total. The van der Waals surface area contributed by atoms with E-state index in [9.17, 15) is 19.7 Å².